The molecule has 2 unspecified atom stereocenters. The summed E-state index contributed by atoms with van der Waals surface area (Å²) in [6.45, 7) is 1.68. The average Bonchev–Trinajstić information content (AvgIpc) is 3.30. The van der Waals surface area contributed by atoms with Crippen molar-refractivity contribution in [2.24, 2.45) is 5.92 Å². The third-order valence-electron chi connectivity index (χ3n) is 4.05. The summed E-state index contributed by atoms with van der Waals surface area (Å²) in [7, 11) is 1.52. The van der Waals surface area contributed by atoms with Gasteiger partial charge in [0.25, 0.3) is 0 Å². The summed E-state index contributed by atoms with van der Waals surface area (Å²) in [4.78, 5) is 13.4. The first-order valence-corrected chi connectivity index (χ1v) is 7.56. The molecule has 0 heterocycles. The quantitative estimate of drug-likeness (QED) is 0.871. The van der Waals surface area contributed by atoms with Crippen molar-refractivity contribution < 1.29 is 23.1 Å². The zero-order valence-corrected chi connectivity index (χ0v) is 13.1. The maximum absolute atomic E-state index is 13.0. The molecule has 128 valence electrons. The second kappa shape index (κ2) is 6.78. The van der Waals surface area contributed by atoms with E-state index in [9.17, 15) is 23.1 Å². The minimum absolute atomic E-state index is 0.0180. The van der Waals surface area contributed by atoms with Gasteiger partial charge in [0.15, 0.2) is 0 Å². The molecule has 0 aliphatic heterocycles. The Morgan fingerprint density at radius 2 is 2.00 bits per heavy atom. The van der Waals surface area contributed by atoms with Crippen LogP contribution in [0.15, 0.2) is 24.3 Å². The Morgan fingerprint density at radius 3 is 2.57 bits per heavy atom. The molecule has 1 aliphatic carbocycles. The van der Waals surface area contributed by atoms with Crippen LogP contribution in [0.5, 0.6) is 0 Å². The molecule has 1 aromatic carbocycles. The second-order valence-electron chi connectivity index (χ2n) is 6.04. The van der Waals surface area contributed by atoms with Crippen molar-refractivity contribution in [2.45, 2.75) is 38.1 Å². The van der Waals surface area contributed by atoms with E-state index in [1.165, 1.54) is 37.1 Å². The predicted octanol–water partition coefficient (Wildman–Crippen LogP) is 3.18. The number of halogens is 3. The number of rotatable bonds is 5. The third-order valence-corrected chi connectivity index (χ3v) is 4.05. The smallest absolute Gasteiger partial charge is 0.391 e. The number of carbonyl (C=O) groups excluding carboxylic acids is 1. The SMILES string of the molecule is CC(NC(=O)N(C)CC(O)C1CC1)c1ccccc1C(F)(F)F. The fourth-order valence-electron chi connectivity index (χ4n) is 2.50. The highest BCUT2D eigenvalue weighted by molar-refractivity contribution is 5.74. The molecular formula is C16H21F3N2O2. The molecule has 4 nitrogen and oxygen atoms in total. The maximum atomic E-state index is 13.0. The van der Waals surface area contributed by atoms with Crippen LogP contribution in [0.25, 0.3) is 0 Å². The van der Waals surface area contributed by atoms with E-state index in [0.29, 0.717) is 0 Å². The molecule has 1 saturated carbocycles. The summed E-state index contributed by atoms with van der Waals surface area (Å²) in [6.07, 6.45) is -3.15. The average molecular weight is 330 g/mol. The molecule has 0 aromatic heterocycles. The van der Waals surface area contributed by atoms with Crippen LogP contribution in [-0.4, -0.2) is 35.7 Å². The summed E-state index contributed by atoms with van der Waals surface area (Å²) in [6, 6.07) is 3.88. The lowest BCUT2D eigenvalue weighted by molar-refractivity contribution is -0.138. The lowest BCUT2D eigenvalue weighted by Crippen LogP contribution is -2.42. The van der Waals surface area contributed by atoms with E-state index in [-0.39, 0.29) is 18.0 Å². The van der Waals surface area contributed by atoms with E-state index < -0.39 is 29.9 Å². The van der Waals surface area contributed by atoms with Gasteiger partial charge in [-0.25, -0.2) is 4.79 Å². The number of benzene rings is 1. The topological polar surface area (TPSA) is 52.6 Å². The van der Waals surface area contributed by atoms with Crippen LogP contribution in [0.4, 0.5) is 18.0 Å². The van der Waals surface area contributed by atoms with Gasteiger partial charge in [-0.3, -0.25) is 0 Å². The summed E-state index contributed by atoms with van der Waals surface area (Å²) >= 11 is 0. The van der Waals surface area contributed by atoms with Crippen molar-refractivity contribution >= 4 is 6.03 Å². The third kappa shape index (κ3) is 4.60. The van der Waals surface area contributed by atoms with Crippen molar-refractivity contribution in [3.05, 3.63) is 35.4 Å². The molecule has 2 atom stereocenters. The van der Waals surface area contributed by atoms with Gasteiger partial charge in [0, 0.05) is 13.6 Å². The van der Waals surface area contributed by atoms with E-state index >= 15 is 0 Å². The Balaban J connectivity index is 2.01. The van der Waals surface area contributed by atoms with Crippen molar-refractivity contribution in [3.8, 4) is 0 Å². The molecule has 0 spiro atoms. The fourth-order valence-corrected chi connectivity index (χ4v) is 2.50. The number of nitrogens with zero attached hydrogens (tertiary/aromatic N) is 1. The number of likely N-dealkylation sites (N-methyl/N-ethyl adjacent to an activating group) is 1. The molecule has 0 bridgehead atoms. The Labute approximate surface area is 133 Å². The van der Waals surface area contributed by atoms with Gasteiger partial charge >= 0.3 is 12.2 Å². The van der Waals surface area contributed by atoms with Crippen molar-refractivity contribution in [2.75, 3.05) is 13.6 Å². The van der Waals surface area contributed by atoms with Gasteiger partial charge in [0.1, 0.15) is 0 Å². The summed E-state index contributed by atoms with van der Waals surface area (Å²) in [5, 5.41) is 12.4. The van der Waals surface area contributed by atoms with E-state index in [2.05, 4.69) is 5.32 Å². The van der Waals surface area contributed by atoms with Gasteiger partial charge in [0.2, 0.25) is 0 Å². The number of amides is 2. The molecule has 1 aromatic rings. The molecule has 2 rings (SSSR count). The highest BCUT2D eigenvalue weighted by Gasteiger charge is 2.35. The van der Waals surface area contributed by atoms with E-state index in [0.717, 1.165) is 18.9 Å². The van der Waals surface area contributed by atoms with Crippen molar-refractivity contribution in [3.63, 3.8) is 0 Å². The van der Waals surface area contributed by atoms with E-state index in [1.54, 1.807) is 0 Å². The molecule has 7 heteroatoms. The number of hydrogen-bond acceptors (Lipinski definition) is 2. The normalized spacial score (nSPS) is 17.5. The molecule has 1 fully saturated rings. The molecule has 0 saturated heterocycles. The van der Waals surface area contributed by atoms with Crippen LogP contribution in [-0.2, 0) is 6.18 Å². The largest absolute Gasteiger partial charge is 0.416 e. The molecule has 1 aliphatic rings. The van der Waals surface area contributed by atoms with Crippen molar-refractivity contribution in [1.82, 2.24) is 10.2 Å². The molecule has 23 heavy (non-hydrogen) atoms. The Bertz CT molecular complexity index is 559. The number of hydrogen-bond donors (Lipinski definition) is 2. The van der Waals surface area contributed by atoms with Gasteiger partial charge in [-0.15, -0.1) is 0 Å². The van der Waals surface area contributed by atoms with Gasteiger partial charge in [-0.05, 0) is 37.3 Å². The van der Waals surface area contributed by atoms with Crippen molar-refractivity contribution in [1.29, 1.82) is 0 Å². The number of nitrogens with one attached hydrogen (secondary N) is 1. The lowest BCUT2D eigenvalue weighted by atomic mass is 10.0. The van der Waals surface area contributed by atoms with Crippen LogP contribution in [0.2, 0.25) is 0 Å². The predicted molar refractivity (Wildman–Crippen MR) is 79.8 cm³/mol. The standard InChI is InChI=1S/C16H21F3N2O2/c1-10(12-5-3-4-6-13(12)16(17,18)19)20-15(23)21(2)9-14(22)11-7-8-11/h3-6,10-11,14,22H,7-9H2,1-2H3,(H,20,23). The van der Waals surface area contributed by atoms with Crippen LogP contribution in [0.1, 0.15) is 36.9 Å². The fraction of sp³-hybridized carbons (Fsp3) is 0.562. The van der Waals surface area contributed by atoms with Crippen LogP contribution < -0.4 is 5.32 Å². The number of aliphatic hydroxyl groups is 1. The maximum Gasteiger partial charge on any atom is 0.416 e. The molecular weight excluding hydrogens is 309 g/mol. The number of alkyl halides is 3. The first-order valence-electron chi connectivity index (χ1n) is 7.56. The Kier molecular flexibility index (Phi) is 5.19. The summed E-state index contributed by atoms with van der Waals surface area (Å²) in [5.74, 6) is 0.230. The monoisotopic (exact) mass is 330 g/mol. The van der Waals surface area contributed by atoms with Gasteiger partial charge in [-0.2, -0.15) is 13.2 Å². The zero-order valence-electron chi connectivity index (χ0n) is 13.1. The number of urea groups is 1. The highest BCUT2D eigenvalue weighted by atomic mass is 19.4. The minimum atomic E-state index is -4.47. The number of aliphatic hydroxyl groups excluding tert-OH is 1. The highest BCUT2D eigenvalue weighted by Crippen LogP contribution is 2.34. The minimum Gasteiger partial charge on any atom is -0.391 e. The zero-order chi connectivity index (χ0) is 17.2. The van der Waals surface area contributed by atoms with Crippen LogP contribution >= 0.6 is 0 Å². The van der Waals surface area contributed by atoms with Crippen LogP contribution in [0, 0.1) is 5.92 Å². The Morgan fingerprint density at radius 1 is 1.39 bits per heavy atom. The van der Waals surface area contributed by atoms with Gasteiger partial charge in [-0.1, -0.05) is 18.2 Å². The molecule has 2 amide bonds. The molecule has 2 N–H and O–H groups in total. The van der Waals surface area contributed by atoms with Gasteiger partial charge < -0.3 is 15.3 Å². The second-order valence-corrected chi connectivity index (χ2v) is 6.04. The molecule has 0 radical (unpaired) electrons. The summed E-state index contributed by atoms with van der Waals surface area (Å²) < 4.78 is 39.0. The first-order chi connectivity index (χ1) is 10.7. The number of carbonyl (C=O) groups is 1. The van der Waals surface area contributed by atoms with E-state index in [4.69, 9.17) is 0 Å². The van der Waals surface area contributed by atoms with Gasteiger partial charge in [0.05, 0.1) is 17.7 Å². The van der Waals surface area contributed by atoms with E-state index in [1.807, 2.05) is 0 Å². The lowest BCUT2D eigenvalue weighted by Gasteiger charge is -2.25. The first kappa shape index (κ1) is 17.6. The van der Waals surface area contributed by atoms with Crippen LogP contribution in [0.3, 0.4) is 0 Å². The Hall–Kier alpha value is -1.76. The summed E-state index contributed by atoms with van der Waals surface area (Å²) in [5.41, 5.74) is -0.738.